The van der Waals surface area contributed by atoms with Gasteiger partial charge in [0.25, 0.3) is 0 Å². The lowest BCUT2D eigenvalue weighted by atomic mass is 10.4. The van der Waals surface area contributed by atoms with Crippen LogP contribution in [0.5, 0.6) is 0 Å². The average molecular weight is 181 g/mol. The first-order valence-corrected chi connectivity index (χ1v) is 5.35. The van der Waals surface area contributed by atoms with Crippen molar-refractivity contribution in [2.75, 3.05) is 0 Å². The molecule has 0 aromatic heterocycles. The Morgan fingerprint density at radius 1 is 1.09 bits per heavy atom. The highest BCUT2D eigenvalue weighted by Gasteiger charge is 2.01. The lowest BCUT2D eigenvalue weighted by Crippen LogP contribution is -2.15. The molecule has 58 valence electrons. The van der Waals surface area contributed by atoms with Gasteiger partial charge in [0.1, 0.15) is 0 Å². The van der Waals surface area contributed by atoms with Crippen molar-refractivity contribution in [2.45, 2.75) is 17.9 Å². The fraction of sp³-hybridized carbons (Fsp3) is 0.333. The first kappa shape index (κ1) is 11.3. The minimum absolute atomic E-state index is 0. The summed E-state index contributed by atoms with van der Waals surface area (Å²) in [6.45, 7) is 4.61. The largest absolute Gasteiger partial charge is 0.411 e. The Bertz CT molecular complexity index is 184. The van der Waals surface area contributed by atoms with E-state index in [9.17, 15) is 0 Å². The molecular formula is C9H13ClMg. The second-order valence-corrected chi connectivity index (χ2v) is 5.94. The maximum Gasteiger partial charge on any atom is 0.411 e. The highest BCUT2D eigenvalue weighted by atomic mass is 35.5. The summed E-state index contributed by atoms with van der Waals surface area (Å²) < 4.78 is 2.49. The van der Waals surface area contributed by atoms with Gasteiger partial charge in [-0.15, -0.1) is 16.5 Å². The quantitative estimate of drug-likeness (QED) is 0.613. The molecule has 11 heavy (non-hydrogen) atoms. The van der Waals surface area contributed by atoms with E-state index in [1.54, 1.807) is 3.69 Å². The topological polar surface area (TPSA) is 0 Å². The lowest BCUT2D eigenvalue weighted by Gasteiger charge is -1.99. The first-order chi connectivity index (χ1) is 4.79. The van der Waals surface area contributed by atoms with Crippen molar-refractivity contribution in [3.63, 3.8) is 0 Å². The number of halogens is 1. The van der Waals surface area contributed by atoms with E-state index in [1.807, 2.05) is 0 Å². The second-order valence-electron chi connectivity index (χ2n) is 3.08. The number of benzene rings is 1. The molecule has 0 atom stereocenters. The molecule has 0 aliphatic heterocycles. The van der Waals surface area contributed by atoms with Crippen molar-refractivity contribution < 1.29 is 0 Å². The van der Waals surface area contributed by atoms with Gasteiger partial charge in [-0.25, -0.2) is 0 Å². The van der Waals surface area contributed by atoms with Crippen molar-refractivity contribution in [3.8, 4) is 0 Å². The van der Waals surface area contributed by atoms with E-state index in [0.717, 1.165) is 4.05 Å². The average Bonchev–Trinajstić information content (AvgIpc) is 1.88. The third-order valence-electron chi connectivity index (χ3n) is 1.49. The van der Waals surface area contributed by atoms with E-state index < -0.39 is 0 Å². The molecule has 1 aromatic rings. The summed E-state index contributed by atoms with van der Waals surface area (Å²) in [7, 11) is 0. The molecule has 0 heterocycles. The van der Waals surface area contributed by atoms with Crippen molar-refractivity contribution >= 4 is 36.5 Å². The fourth-order valence-corrected chi connectivity index (χ4v) is 2.57. The van der Waals surface area contributed by atoms with Crippen molar-refractivity contribution in [1.29, 1.82) is 0 Å². The van der Waals surface area contributed by atoms with Crippen LogP contribution in [0.1, 0.15) is 13.8 Å². The third-order valence-corrected chi connectivity index (χ3v) is 3.25. The molecule has 0 nitrogen and oxygen atoms in total. The highest BCUT2D eigenvalue weighted by Crippen LogP contribution is 1.96. The monoisotopic (exact) mass is 180 g/mol. The molecule has 0 saturated heterocycles. The van der Waals surface area contributed by atoms with Gasteiger partial charge >= 0.3 is 20.4 Å². The van der Waals surface area contributed by atoms with Crippen LogP contribution in [0.2, 0.25) is 4.05 Å². The van der Waals surface area contributed by atoms with Crippen molar-refractivity contribution in [2.24, 2.45) is 0 Å². The molecule has 0 N–H and O–H groups in total. The Kier molecular flexibility index (Phi) is 6.01. The SMILES string of the molecule is C[CH](C)[Mg][c]1ccccc1.Cl. The van der Waals surface area contributed by atoms with Crippen LogP contribution >= 0.6 is 12.4 Å². The third kappa shape index (κ3) is 4.67. The van der Waals surface area contributed by atoms with E-state index in [2.05, 4.69) is 44.2 Å². The Morgan fingerprint density at radius 2 is 1.64 bits per heavy atom. The minimum atomic E-state index is 0. The van der Waals surface area contributed by atoms with Crippen molar-refractivity contribution in [1.82, 2.24) is 0 Å². The van der Waals surface area contributed by atoms with Gasteiger partial charge < -0.3 is 0 Å². The standard InChI is InChI=1S/C6H5.C3H7.ClH.Mg/c1-2-4-6-5-3-1;1-3-2;;/h1-5H;3H,1-2H3;1H;. The van der Waals surface area contributed by atoms with Crippen LogP contribution in [-0.2, 0) is 0 Å². The zero-order valence-electron chi connectivity index (χ0n) is 7.08. The predicted octanol–water partition coefficient (Wildman–Crippen LogP) is 2.27. The number of rotatable bonds is 2. The summed E-state index contributed by atoms with van der Waals surface area (Å²) in [6.07, 6.45) is 0. The molecule has 0 spiro atoms. The van der Waals surface area contributed by atoms with Gasteiger partial charge in [-0.2, -0.15) is 3.69 Å². The molecule has 1 rings (SSSR count). The van der Waals surface area contributed by atoms with Crippen LogP contribution in [-0.4, -0.2) is 20.4 Å². The predicted molar refractivity (Wildman–Crippen MR) is 54.2 cm³/mol. The molecule has 0 unspecified atom stereocenters. The van der Waals surface area contributed by atoms with Gasteiger partial charge in [0.15, 0.2) is 0 Å². The summed E-state index contributed by atoms with van der Waals surface area (Å²) in [5.41, 5.74) is 0. The molecule has 1 aromatic carbocycles. The fourth-order valence-electron chi connectivity index (χ4n) is 1.09. The molecule has 0 aliphatic rings. The Morgan fingerprint density at radius 3 is 2.09 bits per heavy atom. The van der Waals surface area contributed by atoms with Gasteiger partial charge in [-0.05, 0) is 0 Å². The Balaban J connectivity index is 0.000001000. The maximum atomic E-state index is 2.30. The Labute approximate surface area is 84.5 Å². The van der Waals surface area contributed by atoms with E-state index in [0.29, 0.717) is 0 Å². The van der Waals surface area contributed by atoms with Crippen LogP contribution in [0.15, 0.2) is 30.3 Å². The normalized spacial score (nSPS) is 8.64. The second kappa shape index (κ2) is 5.87. The van der Waals surface area contributed by atoms with E-state index in [-0.39, 0.29) is 32.8 Å². The zero-order valence-corrected chi connectivity index (χ0v) is 9.31. The van der Waals surface area contributed by atoms with Crippen LogP contribution in [0.25, 0.3) is 0 Å². The van der Waals surface area contributed by atoms with Gasteiger partial charge in [0, 0.05) is 0 Å². The smallest absolute Gasteiger partial charge is 0.174 e. The molecule has 0 radical (unpaired) electrons. The number of hydrogen-bond donors (Lipinski definition) is 0. The van der Waals surface area contributed by atoms with Crippen molar-refractivity contribution in [3.05, 3.63) is 30.3 Å². The first-order valence-electron chi connectivity index (χ1n) is 3.83. The summed E-state index contributed by atoms with van der Waals surface area (Å²) in [5.74, 6) is 0. The van der Waals surface area contributed by atoms with Crippen LogP contribution in [0.3, 0.4) is 0 Å². The summed E-state index contributed by atoms with van der Waals surface area (Å²) >= 11 is 0.0234. The molecular weight excluding hydrogens is 168 g/mol. The van der Waals surface area contributed by atoms with E-state index >= 15 is 0 Å². The number of hydrogen-bond acceptors (Lipinski definition) is 0. The molecule has 0 fully saturated rings. The van der Waals surface area contributed by atoms with Crippen LogP contribution in [0, 0.1) is 0 Å². The zero-order chi connectivity index (χ0) is 7.40. The summed E-state index contributed by atoms with van der Waals surface area (Å²) in [5, 5.41) is 0. The van der Waals surface area contributed by atoms with E-state index in [4.69, 9.17) is 0 Å². The van der Waals surface area contributed by atoms with Crippen LogP contribution in [0.4, 0.5) is 0 Å². The molecule has 0 amide bonds. The molecule has 2 heteroatoms. The Hall–Kier alpha value is 0.276. The maximum absolute atomic E-state index is 2.30. The summed E-state index contributed by atoms with van der Waals surface area (Å²) in [4.78, 5) is 0. The summed E-state index contributed by atoms with van der Waals surface area (Å²) in [6, 6.07) is 10.8. The van der Waals surface area contributed by atoms with E-state index in [1.165, 1.54) is 0 Å². The highest BCUT2D eigenvalue weighted by molar-refractivity contribution is 6.54. The van der Waals surface area contributed by atoms with Gasteiger partial charge in [0.2, 0.25) is 0 Å². The minimum Gasteiger partial charge on any atom is -0.174 e. The molecule has 0 bridgehead atoms. The van der Waals surface area contributed by atoms with Crippen LogP contribution < -0.4 is 3.69 Å². The van der Waals surface area contributed by atoms with Gasteiger partial charge in [-0.3, -0.25) is 0 Å². The van der Waals surface area contributed by atoms with Gasteiger partial charge in [0.05, 0.1) is 0 Å². The molecule has 0 saturated carbocycles. The molecule has 0 aliphatic carbocycles. The lowest BCUT2D eigenvalue weighted by molar-refractivity contribution is 1.07. The van der Waals surface area contributed by atoms with Gasteiger partial charge in [-0.1, -0.05) is 44.2 Å².